The summed E-state index contributed by atoms with van der Waals surface area (Å²) in [4.78, 5) is 18.0. The Morgan fingerprint density at radius 2 is 1.82 bits per heavy atom. The van der Waals surface area contributed by atoms with Crippen molar-refractivity contribution in [1.29, 1.82) is 0 Å². The van der Waals surface area contributed by atoms with E-state index in [4.69, 9.17) is 24.8 Å². The third-order valence-electron chi connectivity index (χ3n) is 5.07. The molecule has 0 amide bonds. The van der Waals surface area contributed by atoms with Crippen molar-refractivity contribution >= 4 is 18.6 Å². The number of aryl methyl sites for hydroxylation is 1. The minimum Gasteiger partial charge on any atom is -0.494 e. The van der Waals surface area contributed by atoms with Crippen LogP contribution in [-0.4, -0.2) is 28.0 Å². The number of phosphoric acid groups is 1. The second kappa shape index (κ2) is 9.86. The first-order chi connectivity index (χ1) is 13.1. The molecule has 2 aromatic carbocycles. The molecule has 4 N–H and O–H groups in total. The van der Waals surface area contributed by atoms with Crippen LogP contribution < -0.4 is 10.5 Å². The standard InChI is InChI=1S/C21H32NO5P/c1-4-5-6-13-26-20-10-9-18-14-17(7-8-19(18)15-20)11-12-21(3,22)16(2)27-28(23,24)25/h7-10,14-16H,4-6,11-13,22H2,1-3H3,(H2,23,24,25)/t16-,21-/m1/s1. The maximum absolute atomic E-state index is 11.0. The van der Waals surface area contributed by atoms with Gasteiger partial charge in [-0.2, -0.15) is 0 Å². The molecule has 0 aliphatic rings. The Kier molecular flexibility index (Phi) is 8.05. The fourth-order valence-corrected chi connectivity index (χ4v) is 3.66. The second-order valence-electron chi connectivity index (χ2n) is 7.64. The van der Waals surface area contributed by atoms with E-state index in [1.165, 1.54) is 12.8 Å². The van der Waals surface area contributed by atoms with E-state index < -0.39 is 19.5 Å². The lowest BCUT2D eigenvalue weighted by atomic mass is 9.89. The summed E-state index contributed by atoms with van der Waals surface area (Å²) in [5.74, 6) is 0.884. The van der Waals surface area contributed by atoms with Crippen LogP contribution in [0, 0.1) is 0 Å². The quantitative estimate of drug-likeness (QED) is 0.372. The summed E-state index contributed by atoms with van der Waals surface area (Å²) < 4.78 is 21.6. The second-order valence-corrected chi connectivity index (χ2v) is 8.83. The Labute approximate surface area is 167 Å². The van der Waals surface area contributed by atoms with Gasteiger partial charge in [0.2, 0.25) is 0 Å². The van der Waals surface area contributed by atoms with Crippen molar-refractivity contribution in [1.82, 2.24) is 0 Å². The van der Waals surface area contributed by atoms with E-state index in [-0.39, 0.29) is 0 Å². The summed E-state index contributed by atoms with van der Waals surface area (Å²) in [6.07, 6.45) is 3.88. The number of phosphoric ester groups is 1. The lowest BCUT2D eigenvalue weighted by Gasteiger charge is -2.31. The van der Waals surface area contributed by atoms with Crippen molar-refractivity contribution in [2.75, 3.05) is 6.61 Å². The Balaban J connectivity index is 1.99. The van der Waals surface area contributed by atoms with Crippen molar-refractivity contribution < 1.29 is 23.6 Å². The molecule has 156 valence electrons. The summed E-state index contributed by atoms with van der Waals surface area (Å²) >= 11 is 0. The third kappa shape index (κ3) is 7.19. The van der Waals surface area contributed by atoms with Crippen LogP contribution in [0.15, 0.2) is 36.4 Å². The molecule has 0 saturated heterocycles. The van der Waals surface area contributed by atoms with Crippen molar-refractivity contribution in [3.63, 3.8) is 0 Å². The van der Waals surface area contributed by atoms with Gasteiger partial charge in [0.05, 0.1) is 12.7 Å². The molecule has 0 aliphatic heterocycles. The highest BCUT2D eigenvalue weighted by Gasteiger charge is 2.32. The zero-order valence-corrected chi connectivity index (χ0v) is 17.8. The number of hydrogen-bond acceptors (Lipinski definition) is 4. The van der Waals surface area contributed by atoms with E-state index in [1.54, 1.807) is 13.8 Å². The fraction of sp³-hybridized carbons (Fsp3) is 0.524. The highest BCUT2D eigenvalue weighted by atomic mass is 31.2. The molecular weight excluding hydrogens is 377 g/mol. The van der Waals surface area contributed by atoms with E-state index in [0.29, 0.717) is 12.8 Å². The average molecular weight is 409 g/mol. The van der Waals surface area contributed by atoms with Crippen molar-refractivity contribution in [3.05, 3.63) is 42.0 Å². The topological polar surface area (TPSA) is 102 Å². The number of rotatable bonds is 11. The van der Waals surface area contributed by atoms with Crippen molar-refractivity contribution in [3.8, 4) is 5.75 Å². The molecule has 2 aromatic rings. The SMILES string of the molecule is CCCCCOc1ccc2cc(CC[C@@](C)(N)[C@@H](C)OP(=O)(O)O)ccc2c1. The zero-order valence-electron chi connectivity index (χ0n) is 16.9. The Morgan fingerprint density at radius 1 is 1.14 bits per heavy atom. The summed E-state index contributed by atoms with van der Waals surface area (Å²) in [5.41, 5.74) is 6.49. The number of hydrogen-bond donors (Lipinski definition) is 3. The van der Waals surface area contributed by atoms with E-state index in [0.717, 1.165) is 35.1 Å². The molecule has 2 atom stereocenters. The summed E-state index contributed by atoms with van der Waals surface area (Å²) in [7, 11) is -4.56. The molecule has 0 saturated carbocycles. The van der Waals surface area contributed by atoms with Gasteiger partial charge in [0, 0.05) is 5.54 Å². The number of fused-ring (bicyclic) bond motifs is 1. The Hall–Kier alpha value is -1.43. The monoisotopic (exact) mass is 409 g/mol. The molecule has 0 spiro atoms. The van der Waals surface area contributed by atoms with Gasteiger partial charge in [-0.1, -0.05) is 44.0 Å². The van der Waals surface area contributed by atoms with Crippen molar-refractivity contribution in [2.45, 2.75) is 64.5 Å². The van der Waals surface area contributed by atoms with Gasteiger partial charge in [0.15, 0.2) is 0 Å². The first-order valence-corrected chi connectivity index (χ1v) is 11.3. The van der Waals surface area contributed by atoms with Gasteiger partial charge in [0.25, 0.3) is 0 Å². The molecule has 28 heavy (non-hydrogen) atoms. The maximum atomic E-state index is 11.0. The van der Waals surface area contributed by atoms with E-state index in [9.17, 15) is 4.57 Å². The van der Waals surface area contributed by atoms with Crippen LogP contribution in [0.4, 0.5) is 0 Å². The third-order valence-corrected chi connectivity index (χ3v) is 5.66. The smallest absolute Gasteiger partial charge is 0.469 e. The summed E-state index contributed by atoms with van der Waals surface area (Å²) in [6, 6.07) is 12.3. The first-order valence-electron chi connectivity index (χ1n) is 9.79. The number of unbranched alkanes of at least 4 members (excludes halogenated alkanes) is 2. The molecule has 6 nitrogen and oxygen atoms in total. The lowest BCUT2D eigenvalue weighted by molar-refractivity contribution is 0.0867. The van der Waals surface area contributed by atoms with Crippen molar-refractivity contribution in [2.24, 2.45) is 5.73 Å². The molecular formula is C21H32NO5P. The van der Waals surface area contributed by atoms with Gasteiger partial charge in [-0.25, -0.2) is 4.57 Å². The van der Waals surface area contributed by atoms with Crippen LogP contribution in [0.2, 0.25) is 0 Å². The van der Waals surface area contributed by atoms with Gasteiger partial charge in [-0.15, -0.1) is 0 Å². The van der Waals surface area contributed by atoms with Crippen LogP contribution in [0.5, 0.6) is 5.75 Å². The van der Waals surface area contributed by atoms with Crippen LogP contribution >= 0.6 is 7.82 Å². The molecule has 0 fully saturated rings. The van der Waals surface area contributed by atoms with Gasteiger partial charge >= 0.3 is 7.82 Å². The molecule has 0 radical (unpaired) electrons. The molecule has 0 aromatic heterocycles. The van der Waals surface area contributed by atoms with Crippen LogP contribution in [-0.2, 0) is 15.5 Å². The molecule has 0 unspecified atom stereocenters. The molecule has 0 aliphatic carbocycles. The molecule has 0 heterocycles. The predicted molar refractivity (Wildman–Crippen MR) is 112 cm³/mol. The first kappa shape index (κ1) is 22.9. The summed E-state index contributed by atoms with van der Waals surface area (Å²) in [5, 5.41) is 2.24. The zero-order chi connectivity index (χ0) is 20.8. The normalized spacial score (nSPS) is 15.4. The lowest BCUT2D eigenvalue weighted by Crippen LogP contribution is -2.47. The highest BCUT2D eigenvalue weighted by Crippen LogP contribution is 2.40. The van der Waals surface area contributed by atoms with Gasteiger partial charge in [0.1, 0.15) is 5.75 Å². The largest absolute Gasteiger partial charge is 0.494 e. The van der Waals surface area contributed by atoms with Crippen LogP contribution in [0.3, 0.4) is 0 Å². The Morgan fingerprint density at radius 3 is 2.50 bits per heavy atom. The average Bonchev–Trinajstić information content (AvgIpc) is 2.62. The predicted octanol–water partition coefficient (Wildman–Crippen LogP) is 4.56. The maximum Gasteiger partial charge on any atom is 0.469 e. The molecule has 0 bridgehead atoms. The number of benzene rings is 2. The molecule has 7 heteroatoms. The number of nitrogens with two attached hydrogens (primary N) is 1. The van der Waals surface area contributed by atoms with Gasteiger partial charge in [-0.05, 0) is 61.6 Å². The minimum atomic E-state index is -4.56. The highest BCUT2D eigenvalue weighted by molar-refractivity contribution is 7.46. The minimum absolute atomic E-state index is 0.540. The molecule has 2 rings (SSSR count). The van der Waals surface area contributed by atoms with Gasteiger partial charge in [-0.3, -0.25) is 4.52 Å². The van der Waals surface area contributed by atoms with E-state index in [2.05, 4.69) is 25.1 Å². The van der Waals surface area contributed by atoms with Crippen LogP contribution in [0.25, 0.3) is 10.8 Å². The Bertz CT molecular complexity index is 818. The summed E-state index contributed by atoms with van der Waals surface area (Å²) in [6.45, 7) is 6.24. The van der Waals surface area contributed by atoms with E-state index in [1.807, 2.05) is 18.2 Å². The van der Waals surface area contributed by atoms with Gasteiger partial charge < -0.3 is 20.3 Å². The van der Waals surface area contributed by atoms with Crippen LogP contribution in [0.1, 0.15) is 52.0 Å². The fourth-order valence-electron chi connectivity index (χ4n) is 3.00. The number of ether oxygens (including phenoxy) is 1. The van der Waals surface area contributed by atoms with E-state index >= 15 is 0 Å².